The van der Waals surface area contributed by atoms with Gasteiger partial charge in [-0.1, -0.05) is 11.6 Å². The van der Waals surface area contributed by atoms with Crippen LogP contribution in [0.1, 0.15) is 0 Å². The van der Waals surface area contributed by atoms with Crippen molar-refractivity contribution >= 4 is 33.3 Å². The van der Waals surface area contributed by atoms with Gasteiger partial charge in [0.15, 0.2) is 5.52 Å². The maximum absolute atomic E-state index is 12.1. The van der Waals surface area contributed by atoms with E-state index in [0.29, 0.717) is 15.5 Å². The molecule has 0 saturated heterocycles. The monoisotopic (exact) mass is 279 g/mol. The van der Waals surface area contributed by atoms with Crippen molar-refractivity contribution in [3.8, 4) is 5.69 Å². The first-order chi connectivity index (χ1) is 8.66. The van der Waals surface area contributed by atoms with Gasteiger partial charge in [-0.15, -0.1) is 11.3 Å². The van der Waals surface area contributed by atoms with Crippen molar-refractivity contribution in [1.82, 2.24) is 14.5 Å². The smallest absolute Gasteiger partial charge is 0.296 e. The second-order valence-electron chi connectivity index (χ2n) is 3.58. The molecule has 5 nitrogen and oxygen atoms in total. The molecule has 0 unspecified atom stereocenters. The molecule has 0 fully saturated rings. The number of aromatic nitrogens is 3. The van der Waals surface area contributed by atoms with Crippen molar-refractivity contribution in [2.75, 3.05) is 0 Å². The zero-order chi connectivity index (χ0) is 12.7. The van der Waals surface area contributed by atoms with Crippen LogP contribution in [0.3, 0.4) is 0 Å². The van der Waals surface area contributed by atoms with E-state index in [1.54, 1.807) is 24.3 Å². The Balaban J connectivity index is 2.38. The lowest BCUT2D eigenvalue weighted by Crippen LogP contribution is -2.33. The Hall–Kier alpha value is -1.92. The molecule has 0 saturated carbocycles. The number of hydrogen-bond acceptors (Lipinski definition) is 4. The summed E-state index contributed by atoms with van der Waals surface area (Å²) in [7, 11) is 0. The summed E-state index contributed by atoms with van der Waals surface area (Å²) < 4.78 is 1.04. The molecule has 3 rings (SSSR count). The zero-order valence-corrected chi connectivity index (χ0v) is 10.5. The van der Waals surface area contributed by atoms with Gasteiger partial charge in [-0.2, -0.15) is 0 Å². The quantitative estimate of drug-likeness (QED) is 0.738. The number of nitrogens with zero attached hydrogens (tertiary/aromatic N) is 2. The molecule has 0 spiro atoms. The highest BCUT2D eigenvalue weighted by molar-refractivity contribution is 7.16. The maximum Gasteiger partial charge on any atom is 0.334 e. The highest BCUT2D eigenvalue weighted by Gasteiger charge is 2.11. The van der Waals surface area contributed by atoms with Crippen molar-refractivity contribution in [2.24, 2.45) is 0 Å². The lowest BCUT2D eigenvalue weighted by Gasteiger charge is -2.03. The van der Waals surface area contributed by atoms with Crippen LogP contribution in [0.15, 0.2) is 39.4 Å². The maximum atomic E-state index is 12.1. The van der Waals surface area contributed by atoms with Crippen LogP contribution in [0.2, 0.25) is 5.02 Å². The SMILES string of the molecule is O=c1[nH]c2scnc2c(=O)n1-c1ccc(Cl)cc1. The molecule has 2 heterocycles. The van der Waals surface area contributed by atoms with Crippen LogP contribution in [0.25, 0.3) is 16.0 Å². The number of hydrogen-bond donors (Lipinski definition) is 1. The Morgan fingerprint density at radius 2 is 1.94 bits per heavy atom. The van der Waals surface area contributed by atoms with Gasteiger partial charge in [0.1, 0.15) is 4.83 Å². The average molecular weight is 280 g/mol. The van der Waals surface area contributed by atoms with Crippen LogP contribution in [-0.2, 0) is 0 Å². The van der Waals surface area contributed by atoms with Gasteiger partial charge in [0, 0.05) is 5.02 Å². The first-order valence-electron chi connectivity index (χ1n) is 5.01. The molecular weight excluding hydrogens is 274 g/mol. The number of halogens is 1. The van der Waals surface area contributed by atoms with Crippen LogP contribution in [0.5, 0.6) is 0 Å². The lowest BCUT2D eigenvalue weighted by molar-refractivity contribution is 0.900. The fraction of sp³-hybridized carbons (Fsp3) is 0. The topological polar surface area (TPSA) is 67.8 Å². The van der Waals surface area contributed by atoms with Crippen LogP contribution < -0.4 is 11.2 Å². The summed E-state index contributed by atoms with van der Waals surface area (Å²) in [5.74, 6) is 0. The zero-order valence-electron chi connectivity index (χ0n) is 8.88. The second kappa shape index (κ2) is 4.08. The first kappa shape index (κ1) is 11.2. The van der Waals surface area contributed by atoms with Gasteiger partial charge in [0.25, 0.3) is 5.56 Å². The predicted octanol–water partition coefficient (Wildman–Crippen LogP) is 1.79. The molecule has 0 bridgehead atoms. The van der Waals surface area contributed by atoms with Crippen molar-refractivity contribution in [3.05, 3.63) is 55.6 Å². The van der Waals surface area contributed by atoms with E-state index in [2.05, 4.69) is 9.97 Å². The number of aromatic amines is 1. The van der Waals surface area contributed by atoms with E-state index in [0.717, 1.165) is 4.57 Å². The van der Waals surface area contributed by atoms with Gasteiger partial charge in [-0.3, -0.25) is 9.78 Å². The third kappa shape index (κ3) is 1.66. The molecule has 0 aliphatic rings. The number of thiazole rings is 1. The lowest BCUT2D eigenvalue weighted by atomic mass is 10.3. The van der Waals surface area contributed by atoms with Crippen molar-refractivity contribution in [3.63, 3.8) is 0 Å². The van der Waals surface area contributed by atoms with Gasteiger partial charge in [0.05, 0.1) is 11.2 Å². The standard InChI is InChI=1S/C11H6ClN3O2S/c12-6-1-3-7(4-2-6)15-10(16)8-9(14-11(15)17)18-5-13-8/h1-5H,(H,14,17). The largest absolute Gasteiger partial charge is 0.334 e. The summed E-state index contributed by atoms with van der Waals surface area (Å²) in [6.07, 6.45) is 0. The fourth-order valence-corrected chi connectivity index (χ4v) is 2.45. The molecule has 90 valence electrons. The number of benzene rings is 1. The van der Waals surface area contributed by atoms with Crippen LogP contribution >= 0.6 is 22.9 Å². The van der Waals surface area contributed by atoms with Gasteiger partial charge >= 0.3 is 5.69 Å². The summed E-state index contributed by atoms with van der Waals surface area (Å²) in [5, 5.41) is 0.540. The second-order valence-corrected chi connectivity index (χ2v) is 4.87. The summed E-state index contributed by atoms with van der Waals surface area (Å²) in [6.45, 7) is 0. The van der Waals surface area contributed by atoms with E-state index < -0.39 is 11.2 Å². The van der Waals surface area contributed by atoms with E-state index in [-0.39, 0.29) is 5.52 Å². The Morgan fingerprint density at radius 3 is 2.67 bits per heavy atom. The Kier molecular flexibility index (Phi) is 2.53. The Morgan fingerprint density at radius 1 is 1.22 bits per heavy atom. The summed E-state index contributed by atoms with van der Waals surface area (Å²) in [5.41, 5.74) is 1.32. The molecule has 0 radical (unpaired) electrons. The van der Waals surface area contributed by atoms with E-state index in [1.807, 2.05) is 0 Å². The van der Waals surface area contributed by atoms with E-state index >= 15 is 0 Å². The Bertz CT molecular complexity index is 832. The molecule has 1 aromatic carbocycles. The molecule has 0 aliphatic carbocycles. The molecule has 18 heavy (non-hydrogen) atoms. The highest BCUT2D eigenvalue weighted by atomic mass is 35.5. The molecule has 2 aromatic heterocycles. The van der Waals surface area contributed by atoms with Gasteiger partial charge in [0.2, 0.25) is 0 Å². The van der Waals surface area contributed by atoms with Crippen molar-refractivity contribution in [2.45, 2.75) is 0 Å². The Labute approximate surface area is 109 Å². The summed E-state index contributed by atoms with van der Waals surface area (Å²) in [6, 6.07) is 6.45. The normalized spacial score (nSPS) is 10.9. The first-order valence-corrected chi connectivity index (χ1v) is 6.27. The average Bonchev–Trinajstić information content (AvgIpc) is 2.80. The minimum absolute atomic E-state index is 0.259. The van der Waals surface area contributed by atoms with E-state index in [9.17, 15) is 9.59 Å². The minimum Gasteiger partial charge on any atom is -0.296 e. The molecular formula is C11H6ClN3O2S. The molecule has 0 atom stereocenters. The molecule has 0 aliphatic heterocycles. The summed E-state index contributed by atoms with van der Waals surface area (Å²) >= 11 is 6.99. The predicted molar refractivity (Wildman–Crippen MR) is 70.8 cm³/mol. The number of fused-ring (bicyclic) bond motifs is 1. The van der Waals surface area contributed by atoms with E-state index in [1.165, 1.54) is 16.8 Å². The van der Waals surface area contributed by atoms with E-state index in [4.69, 9.17) is 11.6 Å². The fourth-order valence-electron chi connectivity index (χ4n) is 1.66. The van der Waals surface area contributed by atoms with Gasteiger partial charge in [-0.05, 0) is 24.3 Å². The van der Waals surface area contributed by atoms with Gasteiger partial charge < -0.3 is 0 Å². The summed E-state index contributed by atoms with van der Waals surface area (Å²) in [4.78, 5) is 31.1. The third-order valence-electron chi connectivity index (χ3n) is 2.48. The molecule has 3 aromatic rings. The molecule has 7 heteroatoms. The molecule has 1 N–H and O–H groups in total. The van der Waals surface area contributed by atoms with Gasteiger partial charge in [-0.25, -0.2) is 14.3 Å². The minimum atomic E-state index is -0.487. The number of nitrogens with one attached hydrogen (secondary N) is 1. The van der Waals surface area contributed by atoms with Crippen LogP contribution in [0, 0.1) is 0 Å². The van der Waals surface area contributed by atoms with Crippen molar-refractivity contribution in [1.29, 1.82) is 0 Å². The highest BCUT2D eigenvalue weighted by Crippen LogP contribution is 2.12. The molecule has 0 amide bonds. The number of H-pyrrole nitrogens is 1. The number of rotatable bonds is 1. The third-order valence-corrected chi connectivity index (χ3v) is 3.48. The van der Waals surface area contributed by atoms with Crippen LogP contribution in [0.4, 0.5) is 0 Å². The van der Waals surface area contributed by atoms with Crippen LogP contribution in [-0.4, -0.2) is 14.5 Å². The van der Waals surface area contributed by atoms with Crippen molar-refractivity contribution < 1.29 is 0 Å².